The van der Waals surface area contributed by atoms with Crippen LogP contribution in [0.2, 0.25) is 0 Å². The average molecular weight is 338 g/mol. The van der Waals surface area contributed by atoms with Gasteiger partial charge in [-0.25, -0.2) is 4.98 Å². The second-order valence-corrected chi connectivity index (χ2v) is 6.90. The molecule has 3 rings (SSSR count). The summed E-state index contributed by atoms with van der Waals surface area (Å²) in [4.78, 5) is 8.87. The molecule has 0 atom stereocenters. The van der Waals surface area contributed by atoms with Gasteiger partial charge in [0.2, 0.25) is 0 Å². The van der Waals surface area contributed by atoms with Crippen molar-refractivity contribution in [3.8, 4) is 11.3 Å². The van der Waals surface area contributed by atoms with Gasteiger partial charge < -0.3 is 15.1 Å². The molecule has 5 heteroatoms. The van der Waals surface area contributed by atoms with Crippen molar-refractivity contribution in [2.24, 2.45) is 0 Å². The Labute approximate surface area is 147 Å². The van der Waals surface area contributed by atoms with Crippen molar-refractivity contribution < 1.29 is 0 Å². The number of nitrogens with one attached hydrogen (secondary N) is 1. The van der Waals surface area contributed by atoms with Crippen LogP contribution >= 0.6 is 11.3 Å². The number of nitrogens with zero attached hydrogens (tertiary/aromatic N) is 3. The van der Waals surface area contributed by atoms with Crippen LogP contribution in [0.15, 0.2) is 53.9 Å². The molecule has 0 amide bonds. The van der Waals surface area contributed by atoms with E-state index >= 15 is 0 Å². The van der Waals surface area contributed by atoms with Crippen molar-refractivity contribution in [3.63, 3.8) is 0 Å². The SMILES string of the molecule is CN(C)c1ccc(Nc2nc(-c3ccc(N(C)C)cc3)cs2)cc1. The van der Waals surface area contributed by atoms with Crippen molar-refractivity contribution in [1.82, 2.24) is 4.98 Å². The summed E-state index contributed by atoms with van der Waals surface area (Å²) in [5, 5.41) is 6.36. The van der Waals surface area contributed by atoms with E-state index < -0.39 is 0 Å². The van der Waals surface area contributed by atoms with E-state index in [2.05, 4.69) is 69.0 Å². The third kappa shape index (κ3) is 3.68. The largest absolute Gasteiger partial charge is 0.378 e. The maximum absolute atomic E-state index is 4.69. The Hall–Kier alpha value is -2.53. The maximum atomic E-state index is 4.69. The van der Waals surface area contributed by atoms with Gasteiger partial charge in [-0.2, -0.15) is 0 Å². The molecule has 0 saturated heterocycles. The predicted molar refractivity (Wildman–Crippen MR) is 106 cm³/mol. The molecule has 24 heavy (non-hydrogen) atoms. The fourth-order valence-electron chi connectivity index (χ4n) is 2.36. The molecule has 0 unspecified atom stereocenters. The van der Waals surface area contributed by atoms with Crippen molar-refractivity contribution in [2.45, 2.75) is 0 Å². The molecule has 0 saturated carbocycles. The van der Waals surface area contributed by atoms with E-state index in [-0.39, 0.29) is 0 Å². The van der Waals surface area contributed by atoms with E-state index in [1.165, 1.54) is 11.4 Å². The first-order valence-electron chi connectivity index (χ1n) is 7.80. The maximum Gasteiger partial charge on any atom is 0.187 e. The van der Waals surface area contributed by atoms with E-state index in [1.54, 1.807) is 11.3 Å². The third-order valence-electron chi connectivity index (χ3n) is 3.82. The Morgan fingerprint density at radius 1 is 0.792 bits per heavy atom. The lowest BCUT2D eigenvalue weighted by Gasteiger charge is -2.12. The lowest BCUT2D eigenvalue weighted by Crippen LogP contribution is -2.08. The van der Waals surface area contributed by atoms with E-state index in [9.17, 15) is 0 Å². The van der Waals surface area contributed by atoms with E-state index in [1.807, 2.05) is 28.2 Å². The molecule has 0 aliphatic rings. The van der Waals surface area contributed by atoms with Gasteiger partial charge >= 0.3 is 0 Å². The van der Waals surface area contributed by atoms with Crippen molar-refractivity contribution in [1.29, 1.82) is 0 Å². The summed E-state index contributed by atoms with van der Waals surface area (Å²) in [6.45, 7) is 0. The van der Waals surface area contributed by atoms with Gasteiger partial charge in [0.05, 0.1) is 5.69 Å². The second kappa shape index (κ2) is 6.93. The molecule has 0 aliphatic carbocycles. The number of anilines is 4. The minimum Gasteiger partial charge on any atom is -0.378 e. The zero-order valence-corrected chi connectivity index (χ0v) is 15.3. The molecule has 0 spiro atoms. The number of hydrogen-bond donors (Lipinski definition) is 1. The van der Waals surface area contributed by atoms with Gasteiger partial charge in [-0.15, -0.1) is 11.3 Å². The lowest BCUT2D eigenvalue weighted by molar-refractivity contribution is 1.13. The predicted octanol–water partition coefficient (Wildman–Crippen LogP) is 4.69. The van der Waals surface area contributed by atoms with Crippen molar-refractivity contribution >= 4 is 33.5 Å². The number of aromatic nitrogens is 1. The van der Waals surface area contributed by atoms with Crippen molar-refractivity contribution in [3.05, 3.63) is 53.9 Å². The standard InChI is InChI=1S/C19H22N4S/c1-22(2)16-9-5-14(6-10-16)18-13-24-19(21-18)20-15-7-11-17(12-8-15)23(3)4/h5-13H,1-4H3,(H,20,21). The van der Waals surface area contributed by atoms with Crippen LogP contribution in [0, 0.1) is 0 Å². The number of hydrogen-bond acceptors (Lipinski definition) is 5. The molecule has 0 radical (unpaired) electrons. The smallest absolute Gasteiger partial charge is 0.187 e. The Bertz CT molecular complexity index is 789. The Morgan fingerprint density at radius 3 is 1.88 bits per heavy atom. The third-order valence-corrected chi connectivity index (χ3v) is 4.58. The number of benzene rings is 2. The molecule has 3 aromatic rings. The molecule has 4 nitrogen and oxygen atoms in total. The zero-order chi connectivity index (χ0) is 17.1. The second-order valence-electron chi connectivity index (χ2n) is 6.05. The van der Waals surface area contributed by atoms with Gasteiger partial charge in [-0.1, -0.05) is 12.1 Å². The molecule has 1 aromatic heterocycles. The monoisotopic (exact) mass is 338 g/mol. The highest BCUT2D eigenvalue weighted by Gasteiger charge is 2.06. The normalized spacial score (nSPS) is 10.5. The summed E-state index contributed by atoms with van der Waals surface area (Å²) >= 11 is 1.62. The summed E-state index contributed by atoms with van der Waals surface area (Å²) in [7, 11) is 8.16. The highest BCUT2D eigenvalue weighted by Crippen LogP contribution is 2.28. The Balaban J connectivity index is 1.73. The van der Waals surface area contributed by atoms with E-state index in [0.29, 0.717) is 0 Å². The Kier molecular flexibility index (Phi) is 4.71. The van der Waals surface area contributed by atoms with Crippen LogP contribution in [0.1, 0.15) is 0 Å². The highest BCUT2D eigenvalue weighted by molar-refractivity contribution is 7.14. The van der Waals surface area contributed by atoms with Gasteiger partial charge in [-0.3, -0.25) is 0 Å². The molecule has 0 bridgehead atoms. The molecule has 2 aromatic carbocycles. The first kappa shape index (κ1) is 16.3. The Morgan fingerprint density at radius 2 is 1.33 bits per heavy atom. The van der Waals surface area contributed by atoms with Gasteiger partial charge in [0, 0.05) is 56.2 Å². The summed E-state index contributed by atoms with van der Waals surface area (Å²) < 4.78 is 0. The van der Waals surface area contributed by atoms with Gasteiger partial charge in [0.1, 0.15) is 0 Å². The molecule has 0 fully saturated rings. The lowest BCUT2D eigenvalue weighted by atomic mass is 10.1. The minimum absolute atomic E-state index is 0.902. The fourth-order valence-corrected chi connectivity index (χ4v) is 3.10. The van der Waals surface area contributed by atoms with Crippen molar-refractivity contribution in [2.75, 3.05) is 43.3 Å². The van der Waals surface area contributed by atoms with Crippen LogP contribution in [-0.4, -0.2) is 33.2 Å². The summed E-state index contributed by atoms with van der Waals surface area (Å²) in [5.74, 6) is 0. The fraction of sp³-hybridized carbons (Fsp3) is 0.211. The van der Waals surface area contributed by atoms with Crippen LogP contribution in [0.3, 0.4) is 0 Å². The van der Waals surface area contributed by atoms with Crippen LogP contribution < -0.4 is 15.1 Å². The molecular weight excluding hydrogens is 316 g/mol. The average Bonchev–Trinajstić information content (AvgIpc) is 3.04. The first-order valence-corrected chi connectivity index (χ1v) is 8.68. The van der Waals surface area contributed by atoms with E-state index in [0.717, 1.165) is 22.1 Å². The quantitative estimate of drug-likeness (QED) is 0.731. The van der Waals surface area contributed by atoms with Gasteiger partial charge in [-0.05, 0) is 36.4 Å². The number of thiazole rings is 1. The highest BCUT2D eigenvalue weighted by atomic mass is 32.1. The molecule has 124 valence electrons. The molecular formula is C19H22N4S. The van der Waals surface area contributed by atoms with Crippen LogP contribution in [0.25, 0.3) is 11.3 Å². The summed E-state index contributed by atoms with van der Waals surface area (Å²) in [5.41, 5.74) is 5.55. The molecule has 1 heterocycles. The zero-order valence-electron chi connectivity index (χ0n) is 14.4. The van der Waals surface area contributed by atoms with E-state index in [4.69, 9.17) is 4.98 Å². The molecule has 0 aliphatic heterocycles. The minimum atomic E-state index is 0.902. The van der Waals surface area contributed by atoms with Crippen LogP contribution in [-0.2, 0) is 0 Å². The van der Waals surface area contributed by atoms with Gasteiger partial charge in [0.15, 0.2) is 5.13 Å². The molecule has 1 N–H and O–H groups in total. The van der Waals surface area contributed by atoms with Gasteiger partial charge in [0.25, 0.3) is 0 Å². The number of rotatable bonds is 5. The van der Waals surface area contributed by atoms with Crippen LogP contribution in [0.4, 0.5) is 22.2 Å². The summed E-state index contributed by atoms with van der Waals surface area (Å²) in [6, 6.07) is 16.8. The summed E-state index contributed by atoms with van der Waals surface area (Å²) in [6.07, 6.45) is 0. The van der Waals surface area contributed by atoms with Crippen LogP contribution in [0.5, 0.6) is 0 Å². The topological polar surface area (TPSA) is 31.4 Å². The first-order chi connectivity index (χ1) is 11.5.